The van der Waals surface area contributed by atoms with Crippen LogP contribution in [0.15, 0.2) is 51.4 Å². The fraction of sp³-hybridized carbons (Fsp3) is 0.250. The Labute approximate surface area is 158 Å². The van der Waals surface area contributed by atoms with E-state index in [4.69, 9.17) is 0 Å². The van der Waals surface area contributed by atoms with Crippen LogP contribution in [0.1, 0.15) is 11.1 Å². The van der Waals surface area contributed by atoms with Crippen LogP contribution in [0.3, 0.4) is 0 Å². The van der Waals surface area contributed by atoms with Crippen LogP contribution in [-0.2, 0) is 11.8 Å². The van der Waals surface area contributed by atoms with E-state index in [1.54, 1.807) is 0 Å². The van der Waals surface area contributed by atoms with Gasteiger partial charge in [0.15, 0.2) is 0 Å². The molecule has 0 bridgehead atoms. The monoisotopic (exact) mass is 540 g/mol. The van der Waals surface area contributed by atoms with Crippen molar-refractivity contribution in [2.45, 2.75) is 11.8 Å². The molecule has 21 heavy (non-hydrogen) atoms. The Bertz CT molecular complexity index is 606. The lowest BCUT2D eigenvalue weighted by Crippen LogP contribution is -2.33. The van der Waals surface area contributed by atoms with Gasteiger partial charge in [0, 0.05) is 20.5 Å². The molecule has 0 atom stereocenters. The van der Waals surface area contributed by atoms with Crippen molar-refractivity contribution in [2.24, 2.45) is 0 Å². The third-order valence-electron chi connectivity index (χ3n) is 3.49. The van der Waals surface area contributed by atoms with Crippen molar-refractivity contribution in [3.05, 3.63) is 68.4 Å². The molecule has 0 heterocycles. The van der Waals surface area contributed by atoms with Crippen LogP contribution in [0.25, 0.3) is 0 Å². The molecule has 0 unspecified atom stereocenters. The minimum Gasteiger partial charge on any atom is -0.206 e. The lowest BCUT2D eigenvalue weighted by Gasteiger charge is -2.31. The number of benzene rings is 2. The van der Waals surface area contributed by atoms with E-state index in [1.807, 2.05) is 12.1 Å². The highest BCUT2D eigenvalue weighted by atomic mass is 79.9. The minimum absolute atomic E-state index is 0.0715. The van der Waals surface area contributed by atoms with E-state index >= 15 is 0 Å². The second-order valence-corrected chi connectivity index (χ2v) is 7.87. The minimum atomic E-state index is -0.231. The molecule has 2 aromatic rings. The predicted octanol–water partition coefficient (Wildman–Crippen LogP) is 6.62. The Morgan fingerprint density at radius 3 is 2.05 bits per heavy atom. The summed E-state index contributed by atoms with van der Waals surface area (Å²) in [6, 6.07) is 13.6. The lowest BCUT2D eigenvalue weighted by molar-refractivity contribution is 0.549. The van der Waals surface area contributed by atoms with Crippen LogP contribution in [0.5, 0.6) is 0 Å². The molecule has 0 aliphatic heterocycles. The number of halogens is 5. The SMILES string of the molecule is Fc1ccc(CC(CBr)(CBr)c2ccc(Br)cc2)cc1Br. The summed E-state index contributed by atoms with van der Waals surface area (Å²) < 4.78 is 15.0. The van der Waals surface area contributed by atoms with Crippen LogP contribution < -0.4 is 0 Å². The van der Waals surface area contributed by atoms with Gasteiger partial charge >= 0.3 is 0 Å². The van der Waals surface area contributed by atoms with Crippen molar-refractivity contribution >= 4 is 63.7 Å². The van der Waals surface area contributed by atoms with Crippen molar-refractivity contribution in [1.29, 1.82) is 0 Å². The first kappa shape index (κ1) is 17.6. The van der Waals surface area contributed by atoms with Crippen molar-refractivity contribution in [1.82, 2.24) is 0 Å². The number of rotatable bonds is 5. The first-order valence-corrected chi connectivity index (χ1v) is 10.2. The quantitative estimate of drug-likeness (QED) is 0.372. The fourth-order valence-corrected chi connectivity index (χ4v) is 4.89. The van der Waals surface area contributed by atoms with Crippen molar-refractivity contribution in [3.8, 4) is 0 Å². The largest absolute Gasteiger partial charge is 0.206 e. The Kier molecular flexibility index (Phi) is 6.48. The summed E-state index contributed by atoms with van der Waals surface area (Å²) >= 11 is 14.0. The number of hydrogen-bond donors (Lipinski definition) is 0. The highest BCUT2D eigenvalue weighted by Crippen LogP contribution is 2.34. The van der Waals surface area contributed by atoms with Crippen molar-refractivity contribution in [3.63, 3.8) is 0 Å². The average molecular weight is 544 g/mol. The maximum absolute atomic E-state index is 13.4. The molecular formula is C16H13Br4F. The highest BCUT2D eigenvalue weighted by Gasteiger charge is 2.30. The topological polar surface area (TPSA) is 0 Å². The van der Waals surface area contributed by atoms with E-state index in [2.05, 4.69) is 88.0 Å². The molecule has 0 radical (unpaired) electrons. The second kappa shape index (κ2) is 7.71. The van der Waals surface area contributed by atoms with E-state index in [0.29, 0.717) is 4.47 Å². The zero-order valence-electron chi connectivity index (χ0n) is 11.1. The van der Waals surface area contributed by atoms with Crippen LogP contribution in [0, 0.1) is 5.82 Å². The molecule has 5 heteroatoms. The highest BCUT2D eigenvalue weighted by molar-refractivity contribution is 9.11. The summed E-state index contributed by atoms with van der Waals surface area (Å²) in [6.45, 7) is 0. The summed E-state index contributed by atoms with van der Waals surface area (Å²) in [7, 11) is 0. The van der Waals surface area contributed by atoms with Gasteiger partial charge in [0.1, 0.15) is 5.82 Å². The predicted molar refractivity (Wildman–Crippen MR) is 101 cm³/mol. The zero-order chi connectivity index (χ0) is 15.5. The Morgan fingerprint density at radius 1 is 0.905 bits per heavy atom. The third kappa shape index (κ3) is 4.18. The van der Waals surface area contributed by atoms with Gasteiger partial charge in [0.2, 0.25) is 0 Å². The zero-order valence-corrected chi connectivity index (χ0v) is 17.4. The summed E-state index contributed by atoms with van der Waals surface area (Å²) in [5.41, 5.74) is 2.28. The van der Waals surface area contributed by atoms with Gasteiger partial charge in [-0.1, -0.05) is 66.0 Å². The number of alkyl halides is 2. The fourth-order valence-electron chi connectivity index (χ4n) is 2.23. The van der Waals surface area contributed by atoms with Gasteiger partial charge in [-0.3, -0.25) is 0 Å². The summed E-state index contributed by atoms with van der Waals surface area (Å²) in [6.07, 6.45) is 0.823. The van der Waals surface area contributed by atoms with Crippen LogP contribution in [-0.4, -0.2) is 10.7 Å². The molecule has 0 aliphatic rings. The molecule has 2 rings (SSSR count). The third-order valence-corrected chi connectivity index (χ3v) is 6.78. The molecule has 2 aromatic carbocycles. The molecule has 112 valence electrons. The van der Waals surface area contributed by atoms with Gasteiger partial charge in [0.05, 0.1) is 4.47 Å². The van der Waals surface area contributed by atoms with Gasteiger partial charge < -0.3 is 0 Å². The van der Waals surface area contributed by atoms with Gasteiger partial charge in [-0.15, -0.1) is 0 Å². The Morgan fingerprint density at radius 2 is 1.52 bits per heavy atom. The van der Waals surface area contributed by atoms with Crippen LogP contribution in [0.4, 0.5) is 4.39 Å². The maximum atomic E-state index is 13.4. The summed E-state index contributed by atoms with van der Waals surface area (Å²) in [5, 5.41) is 1.64. The van der Waals surface area contributed by atoms with Crippen LogP contribution in [0.2, 0.25) is 0 Å². The van der Waals surface area contributed by atoms with E-state index in [9.17, 15) is 4.39 Å². The average Bonchev–Trinajstić information content (AvgIpc) is 2.49. The Hall–Kier alpha value is 0.290. The van der Waals surface area contributed by atoms with E-state index < -0.39 is 0 Å². The smallest absolute Gasteiger partial charge is 0.137 e. The van der Waals surface area contributed by atoms with Gasteiger partial charge in [-0.25, -0.2) is 4.39 Å². The molecule has 0 saturated carbocycles. The second-order valence-electron chi connectivity index (χ2n) is 4.98. The molecule has 0 amide bonds. The van der Waals surface area contributed by atoms with Gasteiger partial charge in [-0.05, 0) is 57.7 Å². The first-order chi connectivity index (χ1) is 10.0. The molecular weight excluding hydrogens is 531 g/mol. The van der Waals surface area contributed by atoms with E-state index in [-0.39, 0.29) is 11.2 Å². The molecule has 0 aliphatic carbocycles. The van der Waals surface area contributed by atoms with Crippen molar-refractivity contribution in [2.75, 3.05) is 10.7 Å². The van der Waals surface area contributed by atoms with Gasteiger partial charge in [-0.2, -0.15) is 0 Å². The molecule has 0 fully saturated rings. The molecule has 0 spiro atoms. The molecule has 0 saturated heterocycles. The Balaban J connectivity index is 2.37. The first-order valence-electron chi connectivity index (χ1n) is 6.33. The van der Waals surface area contributed by atoms with E-state index in [1.165, 1.54) is 11.6 Å². The summed E-state index contributed by atoms with van der Waals surface area (Å²) in [5.74, 6) is -0.231. The normalized spacial score (nSPS) is 11.7. The maximum Gasteiger partial charge on any atom is 0.137 e. The van der Waals surface area contributed by atoms with E-state index in [0.717, 1.165) is 27.1 Å². The van der Waals surface area contributed by atoms with Crippen LogP contribution >= 0.6 is 63.7 Å². The van der Waals surface area contributed by atoms with Crippen molar-refractivity contribution < 1.29 is 4.39 Å². The molecule has 0 nitrogen and oxygen atoms in total. The number of hydrogen-bond acceptors (Lipinski definition) is 0. The molecule has 0 aromatic heterocycles. The molecule has 0 N–H and O–H groups in total. The standard InChI is InChI=1S/C16H13Br4F/c17-9-16(10-18,12-2-4-13(19)5-3-12)8-11-1-6-15(21)14(20)7-11/h1-7H,8-10H2. The lowest BCUT2D eigenvalue weighted by atomic mass is 9.79. The van der Waals surface area contributed by atoms with Gasteiger partial charge in [0.25, 0.3) is 0 Å². The summed E-state index contributed by atoms with van der Waals surface area (Å²) in [4.78, 5) is 0.